The fourth-order valence-electron chi connectivity index (χ4n) is 3.40. The second-order valence-corrected chi connectivity index (χ2v) is 6.36. The first-order valence-corrected chi connectivity index (χ1v) is 9.79. The van der Waals surface area contributed by atoms with E-state index in [1.807, 2.05) is 93.7 Å². The van der Waals surface area contributed by atoms with Gasteiger partial charge in [-0.3, -0.25) is 0 Å². The van der Waals surface area contributed by atoms with Gasteiger partial charge in [-0.25, -0.2) is 4.79 Å². The molecule has 0 saturated carbocycles. The highest BCUT2D eigenvalue weighted by molar-refractivity contribution is 6.13. The molecule has 1 heterocycles. The molecule has 0 radical (unpaired) electrons. The Bertz CT molecular complexity index is 1060. The van der Waals surface area contributed by atoms with Crippen LogP contribution in [-0.2, 0) is 13.5 Å². The molecule has 3 aromatic carbocycles. The van der Waals surface area contributed by atoms with Crippen molar-refractivity contribution in [3.05, 3.63) is 83.9 Å². The van der Waals surface area contributed by atoms with E-state index in [0.717, 1.165) is 28.2 Å². The molecule has 0 fully saturated rings. The number of hydrogen-bond donors (Lipinski definition) is 0. The molecular weight excluding hydrogens is 346 g/mol. The molecule has 0 N–H and O–H groups in total. The van der Waals surface area contributed by atoms with E-state index in [2.05, 4.69) is 11.5 Å². The van der Waals surface area contributed by atoms with Crippen LogP contribution in [0.1, 0.15) is 36.7 Å². The number of benzene rings is 3. The Balaban J connectivity index is 0.00000109. The molecule has 3 heteroatoms. The lowest BCUT2D eigenvalue weighted by atomic mass is 10.0. The van der Waals surface area contributed by atoms with E-state index >= 15 is 0 Å². The average molecular weight is 372 g/mol. The quantitative estimate of drug-likeness (QED) is 0.202. The summed E-state index contributed by atoms with van der Waals surface area (Å²) in [6.07, 6.45) is 0.957. The van der Waals surface area contributed by atoms with Crippen molar-refractivity contribution in [2.75, 3.05) is 0 Å². The van der Waals surface area contributed by atoms with E-state index in [4.69, 9.17) is 4.74 Å². The minimum atomic E-state index is -0.331. The number of pyridine rings is 1. The van der Waals surface area contributed by atoms with E-state index in [0.29, 0.717) is 11.3 Å². The van der Waals surface area contributed by atoms with Gasteiger partial charge in [0.25, 0.3) is 0 Å². The van der Waals surface area contributed by atoms with Gasteiger partial charge < -0.3 is 4.74 Å². The third kappa shape index (κ3) is 3.61. The lowest BCUT2D eigenvalue weighted by Gasteiger charge is -2.10. The Kier molecular flexibility index (Phi) is 6.05. The standard InChI is InChI=1S/C23H20NO2.C2H6/c1-3-16-12-14-17(15-13-16)26-23(25)22-18-8-4-6-10-20(18)24(2)21-11-7-5-9-19(21)22;1-2/h4-15H,3H2,1-2H3;1-2H3/q+1;. The van der Waals surface area contributed by atoms with Gasteiger partial charge >= 0.3 is 5.97 Å². The van der Waals surface area contributed by atoms with Gasteiger partial charge in [0.1, 0.15) is 12.8 Å². The highest BCUT2D eigenvalue weighted by atomic mass is 16.5. The van der Waals surface area contributed by atoms with Crippen LogP contribution < -0.4 is 9.30 Å². The number of carbonyl (C=O) groups is 1. The molecule has 4 rings (SSSR count). The maximum Gasteiger partial charge on any atom is 0.345 e. The van der Waals surface area contributed by atoms with Crippen LogP contribution in [0.3, 0.4) is 0 Å². The molecule has 142 valence electrons. The molecule has 0 aliphatic heterocycles. The monoisotopic (exact) mass is 372 g/mol. The van der Waals surface area contributed by atoms with Gasteiger partial charge in [-0.15, -0.1) is 0 Å². The SMILES string of the molecule is CC.CCc1ccc(OC(=O)c2c3ccccc3[n+](C)c3ccccc23)cc1. The first-order chi connectivity index (χ1) is 13.7. The largest absolute Gasteiger partial charge is 0.423 e. The van der Waals surface area contributed by atoms with Crippen molar-refractivity contribution in [1.82, 2.24) is 0 Å². The van der Waals surface area contributed by atoms with E-state index < -0.39 is 0 Å². The molecule has 0 spiro atoms. The fourth-order valence-corrected chi connectivity index (χ4v) is 3.40. The summed E-state index contributed by atoms with van der Waals surface area (Å²) in [7, 11) is 2.02. The second kappa shape index (κ2) is 8.66. The molecule has 28 heavy (non-hydrogen) atoms. The smallest absolute Gasteiger partial charge is 0.345 e. The van der Waals surface area contributed by atoms with Crippen LogP contribution in [0.25, 0.3) is 21.8 Å². The number of ether oxygens (including phenoxy) is 1. The molecule has 3 nitrogen and oxygen atoms in total. The first-order valence-electron chi connectivity index (χ1n) is 9.79. The maximum atomic E-state index is 13.1. The predicted molar refractivity (Wildman–Crippen MR) is 115 cm³/mol. The molecule has 0 aliphatic rings. The third-order valence-electron chi connectivity index (χ3n) is 4.82. The van der Waals surface area contributed by atoms with E-state index in [9.17, 15) is 4.79 Å². The Hall–Kier alpha value is -3.20. The van der Waals surface area contributed by atoms with Crippen LogP contribution in [0.4, 0.5) is 0 Å². The summed E-state index contributed by atoms with van der Waals surface area (Å²) in [4.78, 5) is 13.1. The molecular formula is C25H26NO2+. The number of esters is 1. The minimum Gasteiger partial charge on any atom is -0.423 e. The summed E-state index contributed by atoms with van der Waals surface area (Å²) in [5.74, 6) is 0.232. The van der Waals surface area contributed by atoms with Crippen molar-refractivity contribution < 1.29 is 14.1 Å². The predicted octanol–water partition coefficient (Wildman–Crippen LogP) is 5.63. The van der Waals surface area contributed by atoms with Gasteiger partial charge in [0.05, 0.1) is 16.3 Å². The van der Waals surface area contributed by atoms with Crippen molar-refractivity contribution in [3.63, 3.8) is 0 Å². The number of rotatable bonds is 3. The zero-order valence-corrected chi connectivity index (χ0v) is 16.9. The number of carbonyl (C=O) groups excluding carboxylic acids is 1. The van der Waals surface area contributed by atoms with Gasteiger partial charge in [0.15, 0.2) is 0 Å². The Labute approximate surface area is 166 Å². The van der Waals surface area contributed by atoms with Crippen molar-refractivity contribution in [2.24, 2.45) is 7.05 Å². The minimum absolute atomic E-state index is 0.331. The van der Waals surface area contributed by atoms with Crippen LogP contribution in [0.2, 0.25) is 0 Å². The Morgan fingerprint density at radius 3 is 1.82 bits per heavy atom. The zero-order chi connectivity index (χ0) is 20.1. The number of para-hydroxylation sites is 2. The van der Waals surface area contributed by atoms with Crippen molar-refractivity contribution in [1.29, 1.82) is 0 Å². The van der Waals surface area contributed by atoms with Crippen molar-refractivity contribution in [2.45, 2.75) is 27.2 Å². The molecule has 0 atom stereocenters. The average Bonchev–Trinajstić information content (AvgIpc) is 2.76. The van der Waals surface area contributed by atoms with Gasteiger partial charge in [-0.2, -0.15) is 4.57 Å². The fraction of sp³-hybridized carbons (Fsp3) is 0.200. The third-order valence-corrected chi connectivity index (χ3v) is 4.82. The molecule has 0 saturated heterocycles. The van der Waals surface area contributed by atoms with Crippen LogP contribution in [0.15, 0.2) is 72.8 Å². The van der Waals surface area contributed by atoms with Crippen molar-refractivity contribution >= 4 is 27.8 Å². The maximum absolute atomic E-state index is 13.1. The molecule has 4 aromatic rings. The summed E-state index contributed by atoms with van der Waals surface area (Å²) in [5.41, 5.74) is 3.82. The van der Waals surface area contributed by atoms with Crippen LogP contribution >= 0.6 is 0 Å². The molecule has 0 aliphatic carbocycles. The van der Waals surface area contributed by atoms with E-state index in [-0.39, 0.29) is 5.97 Å². The van der Waals surface area contributed by atoms with Gasteiger partial charge in [0, 0.05) is 12.1 Å². The normalized spacial score (nSPS) is 10.4. The summed E-state index contributed by atoms with van der Waals surface area (Å²) < 4.78 is 7.82. The zero-order valence-electron chi connectivity index (χ0n) is 16.9. The van der Waals surface area contributed by atoms with E-state index in [1.54, 1.807) is 0 Å². The molecule has 0 amide bonds. The highest BCUT2D eigenvalue weighted by Crippen LogP contribution is 2.26. The lowest BCUT2D eigenvalue weighted by molar-refractivity contribution is -0.617. The summed E-state index contributed by atoms with van der Waals surface area (Å²) in [6.45, 7) is 6.10. The number of nitrogens with zero attached hydrogens (tertiary/aromatic N) is 1. The van der Waals surface area contributed by atoms with Crippen LogP contribution in [-0.4, -0.2) is 5.97 Å². The van der Waals surface area contributed by atoms with Gasteiger partial charge in [-0.05, 0) is 36.2 Å². The first kappa shape index (κ1) is 19.6. The topological polar surface area (TPSA) is 30.2 Å². The molecule has 1 aromatic heterocycles. The second-order valence-electron chi connectivity index (χ2n) is 6.36. The van der Waals surface area contributed by atoms with Gasteiger partial charge in [0.2, 0.25) is 11.0 Å². The Morgan fingerprint density at radius 1 is 0.821 bits per heavy atom. The van der Waals surface area contributed by atoms with Crippen molar-refractivity contribution in [3.8, 4) is 5.75 Å². The molecule has 0 bridgehead atoms. The highest BCUT2D eigenvalue weighted by Gasteiger charge is 2.23. The van der Waals surface area contributed by atoms with Gasteiger partial charge in [-0.1, -0.05) is 57.2 Å². The summed E-state index contributed by atoms with van der Waals surface area (Å²) in [6, 6.07) is 23.5. The lowest BCUT2D eigenvalue weighted by Crippen LogP contribution is -2.31. The number of fused-ring (bicyclic) bond motifs is 2. The number of aryl methyl sites for hydroxylation is 2. The number of aromatic nitrogens is 1. The Morgan fingerprint density at radius 2 is 1.32 bits per heavy atom. The van der Waals surface area contributed by atoms with Crippen LogP contribution in [0, 0.1) is 0 Å². The van der Waals surface area contributed by atoms with Crippen LogP contribution in [0.5, 0.6) is 5.75 Å². The summed E-state index contributed by atoms with van der Waals surface area (Å²) in [5, 5.41) is 1.78. The number of hydrogen-bond acceptors (Lipinski definition) is 2. The molecule has 0 unspecified atom stereocenters. The summed E-state index contributed by atoms with van der Waals surface area (Å²) >= 11 is 0. The van der Waals surface area contributed by atoms with E-state index in [1.165, 1.54) is 5.56 Å².